The second-order valence-corrected chi connectivity index (χ2v) is 19.7. The second kappa shape index (κ2) is 18.0. The number of carbonyl (C=O) groups excluding carboxylic acids is 3. The summed E-state index contributed by atoms with van der Waals surface area (Å²) >= 11 is 7.34. The van der Waals surface area contributed by atoms with Crippen molar-refractivity contribution in [3.8, 4) is 17.2 Å². The van der Waals surface area contributed by atoms with Crippen molar-refractivity contribution in [1.29, 1.82) is 0 Å². The Balaban J connectivity index is 1.45. The number of aromatic nitrogens is 1. The monoisotopic (exact) mass is 1000 g/mol. The van der Waals surface area contributed by atoms with E-state index in [2.05, 4.69) is 31.9 Å². The van der Waals surface area contributed by atoms with Crippen LogP contribution in [0, 0.1) is 6.92 Å². The number of allylic oxidation sites excluding steroid dienone is 3. The third-order valence-corrected chi connectivity index (χ3v) is 11.5. The SMILES string of the molecule is CC1=C(Br)C(/C=C/c2ccc(OC(=O)OC(C)(C)C)cc2)=[N+]2C1=C(c1ccc(OC(=O)OC(C)(C)C)cc1)c1c(C)c(Br)c(/C=C/c3ccc(OC(=O)OC(C)(C)C)cc3)n1[B-]2(F)F. The highest BCUT2D eigenvalue weighted by molar-refractivity contribution is 9.12. The number of nitrogens with zero attached hydrogens (tertiary/aromatic N) is 2. The van der Waals surface area contributed by atoms with E-state index in [1.54, 1.807) is 173 Å². The Bertz CT molecular complexity index is 2660. The van der Waals surface area contributed by atoms with E-state index in [0.29, 0.717) is 42.4 Å². The molecule has 0 amide bonds. The van der Waals surface area contributed by atoms with Crippen LogP contribution in [0.3, 0.4) is 0 Å². The van der Waals surface area contributed by atoms with Crippen LogP contribution in [-0.4, -0.2) is 56.9 Å². The maximum atomic E-state index is 17.8. The lowest BCUT2D eigenvalue weighted by atomic mass is 9.83. The zero-order chi connectivity index (χ0) is 47.1. The molecule has 16 heteroatoms. The topological polar surface area (TPSA) is 115 Å². The number of halogens is 4. The smallest absolute Gasteiger partial charge is 0.428 e. The van der Waals surface area contributed by atoms with Gasteiger partial charge in [-0.15, -0.1) is 0 Å². The molecule has 336 valence electrons. The predicted molar refractivity (Wildman–Crippen MR) is 251 cm³/mol. The third kappa shape index (κ3) is 11.0. The minimum Gasteiger partial charge on any atom is -0.428 e. The first-order chi connectivity index (χ1) is 29.7. The van der Waals surface area contributed by atoms with Crippen LogP contribution in [0.2, 0.25) is 0 Å². The van der Waals surface area contributed by atoms with Crippen LogP contribution < -0.4 is 14.2 Å². The zero-order valence-electron chi connectivity index (χ0n) is 37.4. The van der Waals surface area contributed by atoms with Crippen LogP contribution in [0.25, 0.3) is 23.8 Å². The van der Waals surface area contributed by atoms with Crippen LogP contribution in [0.15, 0.2) is 99.1 Å². The van der Waals surface area contributed by atoms with E-state index in [0.717, 1.165) is 8.96 Å². The predicted octanol–water partition coefficient (Wildman–Crippen LogP) is 13.5. The van der Waals surface area contributed by atoms with Gasteiger partial charge >= 0.3 is 25.4 Å². The van der Waals surface area contributed by atoms with E-state index in [1.807, 2.05) is 0 Å². The van der Waals surface area contributed by atoms with Gasteiger partial charge in [0.05, 0.1) is 10.1 Å². The summed E-state index contributed by atoms with van der Waals surface area (Å²) in [6, 6.07) is 19.8. The molecule has 4 aromatic rings. The molecule has 0 saturated carbocycles. The van der Waals surface area contributed by atoms with Crippen molar-refractivity contribution in [3.05, 3.63) is 133 Å². The summed E-state index contributed by atoms with van der Waals surface area (Å²) in [6.45, 7) is 14.5. The molecule has 0 bridgehead atoms. The largest absolute Gasteiger partial charge is 0.737 e. The number of hydrogen-bond donors (Lipinski definition) is 0. The van der Waals surface area contributed by atoms with Crippen LogP contribution in [0.5, 0.6) is 17.2 Å². The van der Waals surface area contributed by atoms with E-state index in [9.17, 15) is 14.4 Å². The molecule has 0 spiro atoms. The molecule has 1 aromatic heterocycles. The van der Waals surface area contributed by atoms with E-state index in [4.69, 9.17) is 28.4 Å². The second-order valence-electron chi connectivity index (χ2n) is 18.1. The highest BCUT2D eigenvalue weighted by Gasteiger charge is 2.57. The van der Waals surface area contributed by atoms with Gasteiger partial charge in [-0.2, -0.15) is 0 Å². The van der Waals surface area contributed by atoms with Crippen molar-refractivity contribution in [3.63, 3.8) is 0 Å². The Morgan fingerprint density at radius 1 is 0.609 bits per heavy atom. The molecule has 2 aliphatic rings. The van der Waals surface area contributed by atoms with Gasteiger partial charge in [0.25, 0.3) is 0 Å². The lowest BCUT2D eigenvalue weighted by molar-refractivity contribution is -0.362. The number of ether oxygens (including phenoxy) is 6. The number of benzene rings is 3. The molecule has 0 aliphatic carbocycles. The van der Waals surface area contributed by atoms with Gasteiger partial charge in [-0.1, -0.05) is 42.5 Å². The van der Waals surface area contributed by atoms with E-state index in [-0.39, 0.29) is 40.0 Å². The Morgan fingerprint density at radius 2 is 1.00 bits per heavy atom. The third-order valence-electron chi connectivity index (χ3n) is 9.46. The summed E-state index contributed by atoms with van der Waals surface area (Å²) in [5.41, 5.74) is 2.29. The van der Waals surface area contributed by atoms with E-state index >= 15 is 8.63 Å². The molecule has 64 heavy (non-hydrogen) atoms. The van der Waals surface area contributed by atoms with Gasteiger partial charge in [-0.25, -0.2) is 14.4 Å². The van der Waals surface area contributed by atoms with Gasteiger partial charge in [0.2, 0.25) is 0 Å². The van der Waals surface area contributed by atoms with Gasteiger partial charge in [-0.05, 0) is 179 Å². The lowest BCUT2D eigenvalue weighted by Gasteiger charge is -2.34. The van der Waals surface area contributed by atoms with Crippen molar-refractivity contribution in [2.45, 2.75) is 93.0 Å². The minimum atomic E-state index is -4.60. The summed E-state index contributed by atoms with van der Waals surface area (Å²) in [5, 5.41) is 0. The number of rotatable bonds is 8. The molecule has 3 aromatic carbocycles. The Morgan fingerprint density at radius 3 is 1.41 bits per heavy atom. The van der Waals surface area contributed by atoms with Crippen molar-refractivity contribution < 1.29 is 55.9 Å². The van der Waals surface area contributed by atoms with E-state index in [1.165, 1.54) is 0 Å². The molecule has 0 N–H and O–H groups in total. The molecular weight excluding hydrogens is 957 g/mol. The van der Waals surface area contributed by atoms with Gasteiger partial charge in [0.1, 0.15) is 34.1 Å². The fourth-order valence-electron chi connectivity index (χ4n) is 6.91. The average molecular weight is 1010 g/mol. The first-order valence-electron chi connectivity index (χ1n) is 20.3. The Kier molecular flexibility index (Phi) is 13.5. The molecule has 11 nitrogen and oxygen atoms in total. The fraction of sp³-hybridized carbons (Fsp3) is 0.292. The van der Waals surface area contributed by atoms with Crippen LogP contribution in [0.4, 0.5) is 23.0 Å². The zero-order valence-corrected chi connectivity index (χ0v) is 40.6. The molecular formula is C48H49BBr2F2N2O9. The van der Waals surface area contributed by atoms with Gasteiger partial charge in [-0.3, -0.25) is 0 Å². The Labute approximate surface area is 388 Å². The van der Waals surface area contributed by atoms with Gasteiger partial charge in [0.15, 0.2) is 11.4 Å². The summed E-state index contributed by atoms with van der Waals surface area (Å²) < 4.78 is 70.6. The van der Waals surface area contributed by atoms with Crippen molar-refractivity contribution in [1.82, 2.24) is 4.48 Å². The molecule has 0 saturated heterocycles. The molecule has 3 heterocycles. The average Bonchev–Trinajstić information content (AvgIpc) is 3.57. The highest BCUT2D eigenvalue weighted by atomic mass is 79.9. The van der Waals surface area contributed by atoms with Crippen LogP contribution in [-0.2, 0) is 14.2 Å². The molecule has 0 atom stereocenters. The highest BCUT2D eigenvalue weighted by Crippen LogP contribution is 2.49. The summed E-state index contributed by atoms with van der Waals surface area (Å²) in [5.74, 6) is 0.724. The maximum Gasteiger partial charge on any atom is 0.737 e. The lowest BCUT2D eigenvalue weighted by Crippen LogP contribution is -2.51. The van der Waals surface area contributed by atoms with E-state index < -0.39 is 42.2 Å². The standard InChI is InChI=1S/C48H49BBr2F2N2O9/c1-28-39(50)36(26-16-30-12-20-33(21-13-30)59-43(56)62-46(3,4)5)54-41(28)38(32-18-24-35(25-19-32)61-45(58)64-48(9,10)11)42-29(2)40(51)37(55(42)49(54,52)53)27-17-31-14-22-34(23-15-31)60-44(57)63-47(6,7)8/h12-27H,1-11H3/b26-16+,27-17+. The molecule has 2 aliphatic heterocycles. The summed E-state index contributed by atoms with van der Waals surface area (Å²) in [4.78, 5) is 37.0. The molecule has 6 rings (SSSR count). The number of fused-ring (bicyclic) bond motifs is 2. The number of hydrogen-bond acceptors (Lipinski definition) is 9. The summed E-state index contributed by atoms with van der Waals surface area (Å²) in [6.07, 6.45) is 4.05. The quantitative estimate of drug-likeness (QED) is 0.0736. The Hall–Kier alpha value is -5.74. The maximum absolute atomic E-state index is 17.8. The molecule has 0 unspecified atom stereocenters. The van der Waals surface area contributed by atoms with Crippen molar-refractivity contribution in [2.24, 2.45) is 0 Å². The van der Waals surface area contributed by atoms with Crippen LogP contribution >= 0.6 is 31.9 Å². The van der Waals surface area contributed by atoms with Crippen molar-refractivity contribution in [2.75, 3.05) is 0 Å². The number of carbonyl (C=O) groups is 3. The molecule has 0 radical (unpaired) electrons. The molecule has 0 fully saturated rings. The normalized spacial score (nSPS) is 15.1. The first-order valence-corrected chi connectivity index (χ1v) is 21.9. The van der Waals surface area contributed by atoms with Crippen molar-refractivity contribution >= 4 is 86.8 Å². The fourth-order valence-corrected chi connectivity index (χ4v) is 7.93. The van der Waals surface area contributed by atoms with Gasteiger partial charge < -0.3 is 46.0 Å². The minimum absolute atomic E-state index is 0.206. The van der Waals surface area contributed by atoms with Gasteiger partial charge in [0, 0.05) is 27.5 Å². The first kappa shape index (κ1) is 47.7. The summed E-state index contributed by atoms with van der Waals surface area (Å²) in [7, 11) is 0. The van der Waals surface area contributed by atoms with Crippen LogP contribution in [0.1, 0.15) is 103 Å².